The number of benzene rings is 3. The topological polar surface area (TPSA) is 49.2 Å². The van der Waals surface area contributed by atoms with Gasteiger partial charge < -0.3 is 14.3 Å². The van der Waals surface area contributed by atoms with Crippen LogP contribution in [0.2, 0.25) is 0 Å². The highest BCUT2D eigenvalue weighted by molar-refractivity contribution is 9.10. The van der Waals surface area contributed by atoms with Crippen LogP contribution in [0.3, 0.4) is 0 Å². The van der Waals surface area contributed by atoms with E-state index in [0.717, 1.165) is 38.4 Å². The van der Waals surface area contributed by atoms with Gasteiger partial charge in [-0.25, -0.2) is 4.39 Å². The van der Waals surface area contributed by atoms with Crippen LogP contribution in [0.1, 0.15) is 33.4 Å². The summed E-state index contributed by atoms with van der Waals surface area (Å²) >= 11 is 3.46. The average molecular weight is 489 g/mol. The minimum atomic E-state index is -0.362. The van der Waals surface area contributed by atoms with E-state index in [1.807, 2.05) is 41.3 Å². The maximum atomic E-state index is 13.7. The molecule has 1 aliphatic heterocycles. The molecule has 5 aromatic rings. The summed E-state index contributed by atoms with van der Waals surface area (Å²) in [6, 6.07) is 21.6. The Hall–Kier alpha value is -3.38. The number of carbonyl (C=O) groups excluding carboxylic acids is 1. The van der Waals surface area contributed by atoms with Gasteiger partial charge in [-0.2, -0.15) is 0 Å². The summed E-state index contributed by atoms with van der Waals surface area (Å²) in [5, 5.41) is 2.03. The smallest absolute Gasteiger partial charge is 0.290 e. The third-order valence-electron chi connectivity index (χ3n) is 6.17. The molecule has 4 nitrogen and oxygen atoms in total. The van der Waals surface area contributed by atoms with Crippen molar-refractivity contribution in [1.29, 1.82) is 0 Å². The molecule has 6 rings (SSSR count). The zero-order chi connectivity index (χ0) is 21.8. The van der Waals surface area contributed by atoms with E-state index in [9.17, 15) is 9.18 Å². The second kappa shape index (κ2) is 7.35. The van der Waals surface area contributed by atoms with Crippen molar-refractivity contribution in [3.8, 4) is 0 Å². The Labute approximate surface area is 191 Å². The van der Waals surface area contributed by atoms with E-state index in [4.69, 9.17) is 4.42 Å². The molecule has 0 bridgehead atoms. The lowest BCUT2D eigenvalue weighted by Gasteiger charge is -2.35. The molecule has 0 saturated heterocycles. The largest absolute Gasteiger partial charge is 0.451 e. The number of nitrogens with zero attached hydrogens (tertiary/aromatic N) is 1. The van der Waals surface area contributed by atoms with Crippen molar-refractivity contribution < 1.29 is 13.6 Å². The minimum Gasteiger partial charge on any atom is -0.451 e. The molecule has 0 spiro atoms. The highest BCUT2D eigenvalue weighted by atomic mass is 79.9. The minimum absolute atomic E-state index is 0.184. The predicted octanol–water partition coefficient (Wildman–Crippen LogP) is 6.60. The normalized spacial score (nSPS) is 15.9. The number of nitrogens with one attached hydrogen (secondary N) is 1. The fraction of sp³-hybridized carbons (Fsp3) is 0.115. The Kier molecular flexibility index (Phi) is 4.43. The molecule has 1 amide bonds. The quantitative estimate of drug-likeness (QED) is 0.304. The third kappa shape index (κ3) is 3.06. The van der Waals surface area contributed by atoms with Crippen molar-refractivity contribution in [3.05, 3.63) is 106 Å². The van der Waals surface area contributed by atoms with Crippen LogP contribution in [-0.4, -0.2) is 22.3 Å². The first kappa shape index (κ1) is 19.3. The predicted molar refractivity (Wildman–Crippen MR) is 125 cm³/mol. The third-order valence-corrected chi connectivity index (χ3v) is 6.66. The number of para-hydroxylation sites is 1. The summed E-state index contributed by atoms with van der Waals surface area (Å²) in [5.74, 6) is -0.192. The second-order valence-electron chi connectivity index (χ2n) is 8.06. The van der Waals surface area contributed by atoms with Crippen molar-refractivity contribution in [2.24, 2.45) is 0 Å². The molecule has 0 aliphatic carbocycles. The molecule has 3 heterocycles. The van der Waals surface area contributed by atoms with Crippen LogP contribution in [0, 0.1) is 5.82 Å². The van der Waals surface area contributed by atoms with E-state index in [0.29, 0.717) is 17.9 Å². The van der Waals surface area contributed by atoms with Crippen molar-refractivity contribution in [3.63, 3.8) is 0 Å². The number of halogens is 2. The van der Waals surface area contributed by atoms with E-state index >= 15 is 0 Å². The molecule has 1 atom stereocenters. The standard InChI is InChI=1S/C26H18BrFN2O2/c27-17-7-10-22-16(13-17)14-23(32-22)26(31)30-12-11-20-19-3-1-2-4-21(19)29-24(20)25(30)15-5-8-18(28)9-6-15/h1-10,13-14,25,29H,11-12H2/t25-/m1/s1. The summed E-state index contributed by atoms with van der Waals surface area (Å²) in [6.07, 6.45) is 0.731. The molecule has 0 saturated carbocycles. The van der Waals surface area contributed by atoms with Gasteiger partial charge >= 0.3 is 0 Å². The molecule has 32 heavy (non-hydrogen) atoms. The molecule has 6 heteroatoms. The van der Waals surface area contributed by atoms with E-state index in [1.54, 1.807) is 18.2 Å². The SMILES string of the molecule is O=C(c1cc2cc(Br)ccc2o1)N1CCc2c([nH]c3ccccc23)[C@H]1c1ccc(F)cc1. The molecule has 0 fully saturated rings. The van der Waals surface area contributed by atoms with Gasteiger partial charge in [0, 0.05) is 33.0 Å². The molecule has 1 aliphatic rings. The van der Waals surface area contributed by atoms with E-state index in [1.165, 1.54) is 17.7 Å². The number of amides is 1. The lowest BCUT2D eigenvalue weighted by molar-refractivity contribution is 0.0661. The number of rotatable bonds is 2. The van der Waals surface area contributed by atoms with Crippen molar-refractivity contribution in [2.45, 2.75) is 12.5 Å². The first-order chi connectivity index (χ1) is 15.6. The fourth-order valence-corrected chi connectivity index (χ4v) is 5.09. The second-order valence-corrected chi connectivity index (χ2v) is 8.97. The zero-order valence-electron chi connectivity index (χ0n) is 16.9. The first-order valence-electron chi connectivity index (χ1n) is 10.4. The van der Waals surface area contributed by atoms with Crippen LogP contribution in [-0.2, 0) is 6.42 Å². The lowest BCUT2D eigenvalue weighted by Crippen LogP contribution is -2.40. The Balaban J connectivity index is 1.49. The Morgan fingerprint density at radius 1 is 1.06 bits per heavy atom. The van der Waals surface area contributed by atoms with Gasteiger partial charge in [0.05, 0.1) is 6.04 Å². The van der Waals surface area contributed by atoms with Gasteiger partial charge in [0.2, 0.25) is 0 Å². The fourth-order valence-electron chi connectivity index (χ4n) is 4.71. The van der Waals surface area contributed by atoms with Crippen LogP contribution in [0.5, 0.6) is 0 Å². The van der Waals surface area contributed by atoms with Gasteiger partial charge in [0.25, 0.3) is 5.91 Å². The number of fused-ring (bicyclic) bond motifs is 4. The van der Waals surface area contributed by atoms with Crippen LogP contribution >= 0.6 is 15.9 Å². The zero-order valence-corrected chi connectivity index (χ0v) is 18.5. The molecule has 0 radical (unpaired) electrons. The molecular weight excluding hydrogens is 471 g/mol. The number of aromatic amines is 1. The molecule has 158 valence electrons. The molecule has 3 aromatic carbocycles. The number of furan rings is 1. The molecule has 1 N–H and O–H groups in total. The summed E-state index contributed by atoms with van der Waals surface area (Å²) in [6.45, 7) is 0.538. The lowest BCUT2D eigenvalue weighted by atomic mass is 9.92. The highest BCUT2D eigenvalue weighted by Gasteiger charge is 2.36. The van der Waals surface area contributed by atoms with Crippen molar-refractivity contribution in [1.82, 2.24) is 9.88 Å². The van der Waals surface area contributed by atoms with Gasteiger partial charge in [-0.05, 0) is 60.0 Å². The highest BCUT2D eigenvalue weighted by Crippen LogP contribution is 2.39. The molecular formula is C26H18BrFN2O2. The average Bonchev–Trinajstić information content (AvgIpc) is 3.39. The van der Waals surface area contributed by atoms with Gasteiger partial charge in [-0.3, -0.25) is 4.79 Å². The van der Waals surface area contributed by atoms with E-state index < -0.39 is 0 Å². The van der Waals surface area contributed by atoms with Gasteiger partial charge in [0.1, 0.15) is 11.4 Å². The summed E-state index contributed by atoms with van der Waals surface area (Å²) < 4.78 is 20.5. The number of hydrogen-bond acceptors (Lipinski definition) is 2. The number of hydrogen-bond donors (Lipinski definition) is 1. The monoisotopic (exact) mass is 488 g/mol. The summed E-state index contributed by atoms with van der Waals surface area (Å²) in [5.41, 5.74) is 4.72. The molecule has 2 aromatic heterocycles. The number of aromatic nitrogens is 1. The number of H-pyrrole nitrogens is 1. The van der Waals surface area contributed by atoms with Crippen LogP contribution in [0.15, 0.2) is 81.7 Å². The Morgan fingerprint density at radius 3 is 2.72 bits per heavy atom. The summed E-state index contributed by atoms with van der Waals surface area (Å²) in [7, 11) is 0. The van der Waals surface area contributed by atoms with Gasteiger partial charge in [0.15, 0.2) is 5.76 Å². The first-order valence-corrected chi connectivity index (χ1v) is 11.2. The van der Waals surface area contributed by atoms with Crippen LogP contribution in [0.4, 0.5) is 4.39 Å². The maximum absolute atomic E-state index is 13.7. The van der Waals surface area contributed by atoms with E-state index in [2.05, 4.69) is 27.0 Å². The van der Waals surface area contributed by atoms with Gasteiger partial charge in [-0.15, -0.1) is 0 Å². The van der Waals surface area contributed by atoms with E-state index in [-0.39, 0.29) is 17.8 Å². The summed E-state index contributed by atoms with van der Waals surface area (Å²) in [4.78, 5) is 19.0. The van der Waals surface area contributed by atoms with Gasteiger partial charge in [-0.1, -0.05) is 46.3 Å². The Morgan fingerprint density at radius 2 is 1.88 bits per heavy atom. The number of carbonyl (C=O) groups is 1. The molecule has 0 unspecified atom stereocenters. The van der Waals surface area contributed by atoms with Crippen LogP contribution < -0.4 is 0 Å². The maximum Gasteiger partial charge on any atom is 0.290 e. The van der Waals surface area contributed by atoms with Crippen molar-refractivity contribution in [2.75, 3.05) is 6.54 Å². The Bertz CT molecular complexity index is 1490. The van der Waals surface area contributed by atoms with Crippen molar-refractivity contribution >= 4 is 43.7 Å². The van der Waals surface area contributed by atoms with Crippen LogP contribution in [0.25, 0.3) is 21.9 Å².